The monoisotopic (exact) mass is 447 g/mol. The van der Waals surface area contributed by atoms with E-state index in [1.165, 1.54) is 17.7 Å². The van der Waals surface area contributed by atoms with Crippen LogP contribution in [0.15, 0.2) is 71.2 Å². The summed E-state index contributed by atoms with van der Waals surface area (Å²) in [6, 6.07) is 22.2. The van der Waals surface area contributed by atoms with Crippen molar-refractivity contribution in [3.05, 3.63) is 99.0 Å². The Morgan fingerprint density at radius 3 is 2.34 bits per heavy atom. The fourth-order valence-electron chi connectivity index (χ4n) is 2.74. The minimum Gasteiger partial charge on any atom is -0.488 e. The maximum absolute atomic E-state index is 11.0. The molecule has 0 saturated carbocycles. The molecule has 3 rings (SSSR count). The number of carbonyl (C=O) groups is 1. The summed E-state index contributed by atoms with van der Waals surface area (Å²) >= 11 is 3.46. The van der Waals surface area contributed by atoms with Gasteiger partial charge >= 0.3 is 5.97 Å². The van der Waals surface area contributed by atoms with Crippen LogP contribution in [0, 0.1) is 18.3 Å². The molecule has 29 heavy (non-hydrogen) atoms. The number of allylic oxidation sites excluding steroid dienone is 1. The van der Waals surface area contributed by atoms with E-state index in [9.17, 15) is 10.1 Å². The first-order chi connectivity index (χ1) is 14.0. The molecule has 0 radical (unpaired) electrons. The minimum absolute atomic E-state index is 0.176. The Labute approximate surface area is 177 Å². The van der Waals surface area contributed by atoms with Gasteiger partial charge in [-0.3, -0.25) is 0 Å². The zero-order chi connectivity index (χ0) is 20.8. The quantitative estimate of drug-likeness (QED) is 0.366. The number of ether oxygens (including phenoxy) is 1. The Bertz CT molecular complexity index is 1090. The van der Waals surface area contributed by atoms with Gasteiger partial charge in [-0.2, -0.15) is 5.26 Å². The molecule has 0 aliphatic heterocycles. The Hall–Kier alpha value is -3.36. The van der Waals surface area contributed by atoms with Gasteiger partial charge in [-0.1, -0.05) is 57.9 Å². The first-order valence-corrected chi connectivity index (χ1v) is 9.69. The zero-order valence-corrected chi connectivity index (χ0v) is 17.3. The average Bonchev–Trinajstić information content (AvgIpc) is 2.72. The van der Waals surface area contributed by atoms with Crippen molar-refractivity contribution in [3.63, 3.8) is 0 Å². The second-order valence-corrected chi connectivity index (χ2v) is 7.42. The zero-order valence-electron chi connectivity index (χ0n) is 15.7. The van der Waals surface area contributed by atoms with Crippen LogP contribution in [0.3, 0.4) is 0 Å². The van der Waals surface area contributed by atoms with E-state index in [4.69, 9.17) is 9.84 Å². The Morgan fingerprint density at radius 2 is 1.72 bits per heavy atom. The molecule has 3 aromatic rings. The summed E-state index contributed by atoms with van der Waals surface area (Å²) in [5.74, 6) is -0.346. The topological polar surface area (TPSA) is 70.3 Å². The predicted molar refractivity (Wildman–Crippen MR) is 117 cm³/mol. The van der Waals surface area contributed by atoms with E-state index < -0.39 is 5.97 Å². The number of nitriles is 1. The molecule has 0 bridgehead atoms. The van der Waals surface area contributed by atoms with Gasteiger partial charge < -0.3 is 9.84 Å². The Morgan fingerprint density at radius 1 is 1.07 bits per heavy atom. The molecule has 0 amide bonds. The van der Waals surface area contributed by atoms with Crippen molar-refractivity contribution in [1.82, 2.24) is 0 Å². The van der Waals surface area contributed by atoms with E-state index in [0.717, 1.165) is 15.6 Å². The van der Waals surface area contributed by atoms with Crippen LogP contribution in [0.2, 0.25) is 0 Å². The Kier molecular flexibility index (Phi) is 6.48. The van der Waals surface area contributed by atoms with Crippen LogP contribution in [0.1, 0.15) is 32.6 Å². The van der Waals surface area contributed by atoms with Gasteiger partial charge in [-0.25, -0.2) is 4.79 Å². The van der Waals surface area contributed by atoms with Gasteiger partial charge in [-0.05, 0) is 54.5 Å². The molecule has 4 nitrogen and oxygen atoms in total. The Balaban J connectivity index is 1.89. The fourth-order valence-corrected chi connectivity index (χ4v) is 3.12. The van der Waals surface area contributed by atoms with Crippen LogP contribution in [0.25, 0.3) is 11.6 Å². The van der Waals surface area contributed by atoms with Crippen molar-refractivity contribution in [2.45, 2.75) is 13.5 Å². The second-order valence-electron chi connectivity index (χ2n) is 6.51. The maximum Gasteiger partial charge on any atom is 0.335 e. The van der Waals surface area contributed by atoms with Crippen LogP contribution >= 0.6 is 15.9 Å². The van der Waals surface area contributed by atoms with Gasteiger partial charge in [0.1, 0.15) is 12.4 Å². The lowest BCUT2D eigenvalue weighted by atomic mass is 10.0. The average molecular weight is 448 g/mol. The van der Waals surface area contributed by atoms with Gasteiger partial charge in [0.2, 0.25) is 0 Å². The molecular weight excluding hydrogens is 430 g/mol. The van der Waals surface area contributed by atoms with Crippen molar-refractivity contribution in [3.8, 4) is 11.8 Å². The van der Waals surface area contributed by atoms with Crippen molar-refractivity contribution in [2.75, 3.05) is 0 Å². The lowest BCUT2D eigenvalue weighted by Gasteiger charge is -2.11. The molecule has 0 aromatic heterocycles. The molecule has 0 unspecified atom stereocenters. The molecule has 0 aliphatic carbocycles. The van der Waals surface area contributed by atoms with Crippen molar-refractivity contribution < 1.29 is 14.6 Å². The molecular formula is C24H18BrNO3. The lowest BCUT2D eigenvalue weighted by molar-refractivity contribution is 0.0697. The van der Waals surface area contributed by atoms with E-state index in [1.807, 2.05) is 49.4 Å². The summed E-state index contributed by atoms with van der Waals surface area (Å²) in [6.07, 6.45) is 1.74. The highest BCUT2D eigenvalue weighted by atomic mass is 79.9. The van der Waals surface area contributed by atoms with Gasteiger partial charge in [-0.15, -0.1) is 0 Å². The first kappa shape index (κ1) is 20.4. The fraction of sp³-hybridized carbons (Fsp3) is 0.0833. The molecule has 3 aromatic carbocycles. The highest BCUT2D eigenvalue weighted by Crippen LogP contribution is 2.28. The normalized spacial score (nSPS) is 11.0. The van der Waals surface area contributed by atoms with Crippen LogP contribution < -0.4 is 4.74 Å². The van der Waals surface area contributed by atoms with E-state index in [1.54, 1.807) is 18.2 Å². The number of halogens is 1. The van der Waals surface area contributed by atoms with Crippen LogP contribution in [-0.2, 0) is 6.61 Å². The van der Waals surface area contributed by atoms with Crippen LogP contribution in [0.5, 0.6) is 5.75 Å². The molecule has 144 valence electrons. The van der Waals surface area contributed by atoms with Gasteiger partial charge in [0, 0.05) is 10.0 Å². The van der Waals surface area contributed by atoms with Gasteiger partial charge in [0.15, 0.2) is 0 Å². The third-order valence-electron chi connectivity index (χ3n) is 4.35. The third-order valence-corrected chi connectivity index (χ3v) is 4.84. The summed E-state index contributed by atoms with van der Waals surface area (Å²) in [5, 5.41) is 18.7. The minimum atomic E-state index is -1.00. The van der Waals surface area contributed by atoms with Crippen LogP contribution in [-0.4, -0.2) is 11.1 Å². The highest BCUT2D eigenvalue weighted by molar-refractivity contribution is 9.10. The van der Waals surface area contributed by atoms with Gasteiger partial charge in [0.25, 0.3) is 0 Å². The maximum atomic E-state index is 11.0. The summed E-state index contributed by atoms with van der Waals surface area (Å²) in [6.45, 7) is 2.45. The van der Waals surface area contributed by atoms with Crippen molar-refractivity contribution >= 4 is 33.5 Å². The number of carboxylic acid groups (broad SMARTS) is 1. The largest absolute Gasteiger partial charge is 0.488 e. The molecule has 5 heteroatoms. The standard InChI is InChI=1S/C24H18BrNO3/c1-16-2-4-17(5-3-16)15-29-23-11-10-22(25)13-20(23)12-21(14-26)18-6-8-19(9-7-18)24(27)28/h2-13H,15H2,1H3,(H,27,28)/b21-12-. The number of aromatic carboxylic acids is 1. The second kappa shape index (κ2) is 9.22. The number of benzene rings is 3. The molecule has 0 atom stereocenters. The third kappa shape index (κ3) is 5.34. The summed E-state index contributed by atoms with van der Waals surface area (Å²) < 4.78 is 6.86. The van der Waals surface area contributed by atoms with Crippen LogP contribution in [0.4, 0.5) is 0 Å². The lowest BCUT2D eigenvalue weighted by Crippen LogP contribution is -1.98. The van der Waals surface area contributed by atoms with E-state index in [-0.39, 0.29) is 5.56 Å². The number of nitrogens with zero attached hydrogens (tertiary/aromatic N) is 1. The number of carboxylic acids is 1. The van der Waals surface area contributed by atoms with E-state index in [0.29, 0.717) is 23.5 Å². The SMILES string of the molecule is Cc1ccc(COc2ccc(Br)cc2/C=C(/C#N)c2ccc(C(=O)O)cc2)cc1. The van der Waals surface area contributed by atoms with E-state index in [2.05, 4.69) is 22.0 Å². The number of hydrogen-bond acceptors (Lipinski definition) is 3. The molecule has 0 heterocycles. The van der Waals surface area contributed by atoms with Crippen molar-refractivity contribution in [2.24, 2.45) is 0 Å². The summed E-state index contributed by atoms with van der Waals surface area (Å²) in [7, 11) is 0. The summed E-state index contributed by atoms with van der Waals surface area (Å²) in [4.78, 5) is 11.0. The number of aryl methyl sites for hydroxylation is 1. The number of hydrogen-bond donors (Lipinski definition) is 1. The predicted octanol–water partition coefficient (Wildman–Crippen LogP) is 6.10. The molecule has 0 saturated heterocycles. The van der Waals surface area contributed by atoms with Gasteiger partial charge in [0.05, 0.1) is 17.2 Å². The number of rotatable bonds is 6. The summed E-state index contributed by atoms with van der Waals surface area (Å²) in [5.41, 5.74) is 4.23. The molecule has 0 aliphatic rings. The smallest absolute Gasteiger partial charge is 0.335 e. The molecule has 0 spiro atoms. The van der Waals surface area contributed by atoms with E-state index >= 15 is 0 Å². The first-order valence-electron chi connectivity index (χ1n) is 8.89. The molecule has 0 fully saturated rings. The molecule has 1 N–H and O–H groups in total. The highest BCUT2D eigenvalue weighted by Gasteiger charge is 2.09. The van der Waals surface area contributed by atoms with Crippen molar-refractivity contribution in [1.29, 1.82) is 5.26 Å².